The summed E-state index contributed by atoms with van der Waals surface area (Å²) in [5.41, 5.74) is 2.04. The van der Waals surface area contributed by atoms with E-state index in [0.717, 1.165) is 11.1 Å². The number of hydrogen-bond donors (Lipinski definition) is 1. The Morgan fingerprint density at radius 2 is 1.67 bits per heavy atom. The number of carboxylic acids is 1. The third kappa shape index (κ3) is 3.56. The van der Waals surface area contributed by atoms with Crippen molar-refractivity contribution in [2.45, 2.75) is 26.7 Å². The van der Waals surface area contributed by atoms with E-state index in [1.54, 1.807) is 0 Å². The fourth-order valence-electron chi connectivity index (χ4n) is 1.59. The predicted octanol–water partition coefficient (Wildman–Crippen LogP) is 3.24. The van der Waals surface area contributed by atoms with Gasteiger partial charge in [-0.1, -0.05) is 43.7 Å². The van der Waals surface area contributed by atoms with E-state index >= 15 is 0 Å². The van der Waals surface area contributed by atoms with Crippen molar-refractivity contribution in [2.75, 3.05) is 0 Å². The average molecular weight is 229 g/mol. The molecule has 0 aromatic heterocycles. The molecule has 84 valence electrons. The van der Waals surface area contributed by atoms with Gasteiger partial charge >= 0.3 is 5.97 Å². The van der Waals surface area contributed by atoms with E-state index in [1.165, 1.54) is 0 Å². The van der Waals surface area contributed by atoms with Crippen LogP contribution in [0.25, 0.3) is 0 Å². The first kappa shape index (κ1) is 14.0. The maximum atomic E-state index is 11.0. The van der Waals surface area contributed by atoms with Crippen molar-refractivity contribution in [3.8, 4) is 0 Å². The number of benzene rings is 1. The summed E-state index contributed by atoms with van der Waals surface area (Å²) < 4.78 is 0. The highest BCUT2D eigenvalue weighted by atomic mass is 35.5. The average Bonchev–Trinajstić information content (AvgIpc) is 2.07. The lowest BCUT2D eigenvalue weighted by Gasteiger charge is -2.16. The quantitative estimate of drug-likeness (QED) is 0.863. The molecule has 1 rings (SSSR count). The van der Waals surface area contributed by atoms with E-state index in [-0.39, 0.29) is 18.3 Å². The van der Waals surface area contributed by atoms with E-state index < -0.39 is 11.9 Å². The molecular formula is C12H17ClO2. The van der Waals surface area contributed by atoms with Crippen LogP contribution >= 0.6 is 12.4 Å². The molecule has 0 aliphatic heterocycles. The monoisotopic (exact) mass is 228 g/mol. The Morgan fingerprint density at radius 1 is 1.20 bits per heavy atom. The summed E-state index contributed by atoms with van der Waals surface area (Å²) in [6, 6.07) is 7.70. The van der Waals surface area contributed by atoms with Crippen LogP contribution in [0.3, 0.4) is 0 Å². The molecule has 15 heavy (non-hydrogen) atoms. The Kier molecular flexibility index (Phi) is 5.37. The Morgan fingerprint density at radius 3 is 2.00 bits per heavy atom. The van der Waals surface area contributed by atoms with Gasteiger partial charge < -0.3 is 5.11 Å². The molecule has 1 N–H and O–H groups in total. The van der Waals surface area contributed by atoms with Crippen molar-refractivity contribution in [3.05, 3.63) is 35.4 Å². The van der Waals surface area contributed by atoms with E-state index in [1.807, 2.05) is 45.0 Å². The minimum absolute atomic E-state index is 0. The van der Waals surface area contributed by atoms with E-state index in [4.69, 9.17) is 5.11 Å². The Balaban J connectivity index is 0.00000196. The number of aryl methyl sites for hydroxylation is 1. The normalized spacial score (nSPS) is 12.0. The van der Waals surface area contributed by atoms with Gasteiger partial charge in [-0.05, 0) is 18.4 Å². The molecule has 0 radical (unpaired) electrons. The zero-order valence-corrected chi connectivity index (χ0v) is 10.0. The van der Waals surface area contributed by atoms with Crippen LogP contribution in [0.2, 0.25) is 0 Å². The van der Waals surface area contributed by atoms with Gasteiger partial charge in [-0.2, -0.15) is 0 Å². The third-order valence-electron chi connectivity index (χ3n) is 2.37. The maximum absolute atomic E-state index is 11.0. The second-order valence-corrected chi connectivity index (χ2v) is 3.97. The lowest BCUT2D eigenvalue weighted by Crippen LogP contribution is -2.17. The van der Waals surface area contributed by atoms with Gasteiger partial charge in [0.1, 0.15) is 0 Å². The van der Waals surface area contributed by atoms with Gasteiger partial charge in [0.2, 0.25) is 0 Å². The SMILES string of the molecule is Cc1ccc(C(C(=O)O)C(C)C)cc1.Cl. The van der Waals surface area contributed by atoms with E-state index in [2.05, 4.69) is 0 Å². The second-order valence-electron chi connectivity index (χ2n) is 3.97. The van der Waals surface area contributed by atoms with Gasteiger partial charge in [0.25, 0.3) is 0 Å². The van der Waals surface area contributed by atoms with Crippen molar-refractivity contribution >= 4 is 18.4 Å². The van der Waals surface area contributed by atoms with Crippen molar-refractivity contribution in [1.29, 1.82) is 0 Å². The first-order valence-corrected chi connectivity index (χ1v) is 4.81. The molecule has 1 atom stereocenters. The summed E-state index contributed by atoms with van der Waals surface area (Å²) in [7, 11) is 0. The zero-order chi connectivity index (χ0) is 10.7. The predicted molar refractivity (Wildman–Crippen MR) is 63.6 cm³/mol. The van der Waals surface area contributed by atoms with Gasteiger partial charge in [-0.25, -0.2) is 0 Å². The molecule has 0 aliphatic rings. The molecule has 0 amide bonds. The van der Waals surface area contributed by atoms with Crippen molar-refractivity contribution in [2.24, 2.45) is 5.92 Å². The largest absolute Gasteiger partial charge is 0.481 e. The minimum atomic E-state index is -0.746. The molecule has 0 bridgehead atoms. The van der Waals surface area contributed by atoms with Gasteiger partial charge in [0.15, 0.2) is 0 Å². The molecule has 0 aliphatic carbocycles. The van der Waals surface area contributed by atoms with Crippen LogP contribution < -0.4 is 0 Å². The van der Waals surface area contributed by atoms with Crippen LogP contribution in [-0.2, 0) is 4.79 Å². The molecule has 0 fully saturated rings. The van der Waals surface area contributed by atoms with Gasteiger partial charge in [-0.3, -0.25) is 4.79 Å². The number of halogens is 1. The Bertz CT molecular complexity index is 317. The summed E-state index contributed by atoms with van der Waals surface area (Å²) in [6.45, 7) is 5.85. The number of carbonyl (C=O) groups is 1. The topological polar surface area (TPSA) is 37.3 Å². The molecule has 1 unspecified atom stereocenters. The zero-order valence-electron chi connectivity index (χ0n) is 9.23. The van der Waals surface area contributed by atoms with Gasteiger partial charge in [0, 0.05) is 0 Å². The molecule has 0 spiro atoms. The Labute approximate surface area is 96.7 Å². The highest BCUT2D eigenvalue weighted by molar-refractivity contribution is 5.85. The smallest absolute Gasteiger partial charge is 0.311 e. The fourth-order valence-corrected chi connectivity index (χ4v) is 1.59. The highest BCUT2D eigenvalue weighted by Gasteiger charge is 2.22. The molecule has 0 saturated carbocycles. The highest BCUT2D eigenvalue weighted by Crippen LogP contribution is 2.24. The molecule has 0 saturated heterocycles. The van der Waals surface area contributed by atoms with Crippen molar-refractivity contribution in [1.82, 2.24) is 0 Å². The molecule has 3 heteroatoms. The minimum Gasteiger partial charge on any atom is -0.481 e. The fraction of sp³-hybridized carbons (Fsp3) is 0.417. The van der Waals surface area contributed by atoms with E-state index in [0.29, 0.717) is 0 Å². The van der Waals surface area contributed by atoms with Crippen LogP contribution in [0.1, 0.15) is 30.9 Å². The first-order valence-electron chi connectivity index (χ1n) is 4.81. The first-order chi connectivity index (χ1) is 6.52. The molecule has 0 heterocycles. The molecular weight excluding hydrogens is 212 g/mol. The van der Waals surface area contributed by atoms with Crippen LogP contribution in [0.4, 0.5) is 0 Å². The maximum Gasteiger partial charge on any atom is 0.311 e. The van der Waals surface area contributed by atoms with Crippen molar-refractivity contribution < 1.29 is 9.90 Å². The summed E-state index contributed by atoms with van der Waals surface area (Å²) in [4.78, 5) is 11.0. The lowest BCUT2D eigenvalue weighted by atomic mass is 9.88. The number of rotatable bonds is 3. The number of aliphatic carboxylic acids is 1. The standard InChI is InChI=1S/C12H16O2.ClH/c1-8(2)11(12(13)14)10-6-4-9(3)5-7-10;/h4-8,11H,1-3H3,(H,13,14);1H. The van der Waals surface area contributed by atoms with Crippen LogP contribution in [0, 0.1) is 12.8 Å². The summed E-state index contributed by atoms with van der Waals surface area (Å²) in [6.07, 6.45) is 0. The molecule has 2 nitrogen and oxygen atoms in total. The summed E-state index contributed by atoms with van der Waals surface area (Å²) >= 11 is 0. The summed E-state index contributed by atoms with van der Waals surface area (Å²) in [5.74, 6) is -1.02. The lowest BCUT2D eigenvalue weighted by molar-refractivity contribution is -0.139. The summed E-state index contributed by atoms with van der Waals surface area (Å²) in [5, 5.41) is 9.07. The third-order valence-corrected chi connectivity index (χ3v) is 2.37. The van der Waals surface area contributed by atoms with Crippen LogP contribution in [0.5, 0.6) is 0 Å². The van der Waals surface area contributed by atoms with Gasteiger partial charge in [0.05, 0.1) is 5.92 Å². The van der Waals surface area contributed by atoms with Gasteiger partial charge in [-0.15, -0.1) is 12.4 Å². The molecule has 1 aromatic rings. The number of carboxylic acid groups (broad SMARTS) is 1. The van der Waals surface area contributed by atoms with Crippen molar-refractivity contribution in [3.63, 3.8) is 0 Å². The molecule has 1 aromatic carbocycles. The number of hydrogen-bond acceptors (Lipinski definition) is 1. The van der Waals surface area contributed by atoms with E-state index in [9.17, 15) is 4.79 Å². The van der Waals surface area contributed by atoms with Crippen LogP contribution in [-0.4, -0.2) is 11.1 Å². The Hall–Kier alpha value is -1.02. The van der Waals surface area contributed by atoms with Crippen LogP contribution in [0.15, 0.2) is 24.3 Å². The second kappa shape index (κ2) is 5.76.